The summed E-state index contributed by atoms with van der Waals surface area (Å²) >= 11 is 8.87. The van der Waals surface area contributed by atoms with E-state index in [1.54, 1.807) is 6.20 Å². The first-order valence-electron chi connectivity index (χ1n) is 14.2. The maximum absolute atomic E-state index is 13.0. The van der Waals surface area contributed by atoms with Crippen LogP contribution in [0.15, 0.2) is 66.9 Å². The van der Waals surface area contributed by atoms with Crippen LogP contribution in [-0.2, 0) is 16.1 Å². The molecule has 0 aliphatic rings. The molecule has 1 aromatic heterocycles. The number of carbonyl (C=O) groups excluding carboxylic acids is 2. The van der Waals surface area contributed by atoms with Gasteiger partial charge >= 0.3 is 6.09 Å². The molecular formula is C32H35ClIN6O3P. The number of nitrogens with zero attached hydrogens (tertiary/aromatic N) is 4. The standard InChI is InChI=1S/C32H35ClIN6O3P/c1-32(2,3)43-31(42)39(21-22-10-11-25(27(33)16-22)24-8-5-4-6-9-24)15-12-30(41)37-14-7-13-36-28-17-23(19-35)18-29-26(28)20-38-40(29)44-34/h4-6,8-11,16-18,20,36,44H,7,12-15,21H2,1-3H3,(H,37,41). The van der Waals surface area contributed by atoms with E-state index < -0.39 is 11.7 Å². The van der Waals surface area contributed by atoms with Crippen LogP contribution in [0.1, 0.15) is 44.7 Å². The van der Waals surface area contributed by atoms with Crippen molar-refractivity contribution in [1.29, 1.82) is 5.26 Å². The summed E-state index contributed by atoms with van der Waals surface area (Å²) in [4.78, 5) is 27.3. The van der Waals surface area contributed by atoms with Gasteiger partial charge in [-0.1, -0.05) is 54.1 Å². The molecule has 9 nitrogen and oxygen atoms in total. The Labute approximate surface area is 277 Å². The third-order valence-corrected chi connectivity index (χ3v) is 8.84. The monoisotopic (exact) mass is 744 g/mol. The Kier molecular flexibility index (Phi) is 11.8. The minimum absolute atomic E-state index is 0.129. The molecule has 4 rings (SSSR count). The average molecular weight is 745 g/mol. The number of aromatic nitrogens is 2. The third kappa shape index (κ3) is 9.31. The van der Waals surface area contributed by atoms with Crippen molar-refractivity contribution in [3.05, 3.63) is 83.0 Å². The highest BCUT2D eigenvalue weighted by Gasteiger charge is 2.23. The van der Waals surface area contributed by atoms with Crippen molar-refractivity contribution in [3.63, 3.8) is 0 Å². The first-order valence-corrected chi connectivity index (χ1v) is 18.6. The van der Waals surface area contributed by atoms with Crippen molar-refractivity contribution in [3.8, 4) is 17.2 Å². The number of fused-ring (bicyclic) bond motifs is 1. The van der Waals surface area contributed by atoms with E-state index in [0.29, 0.717) is 36.5 Å². The van der Waals surface area contributed by atoms with Crippen LogP contribution in [0.3, 0.4) is 0 Å². The number of hydrogen-bond donors (Lipinski definition) is 2. The van der Waals surface area contributed by atoms with Crippen LogP contribution in [0, 0.1) is 11.3 Å². The molecule has 4 aromatic rings. The van der Waals surface area contributed by atoms with Crippen LogP contribution >= 0.6 is 40.0 Å². The van der Waals surface area contributed by atoms with E-state index in [1.807, 2.05) is 85.9 Å². The normalized spacial score (nSPS) is 11.5. The van der Waals surface area contributed by atoms with Crippen LogP contribution in [0.4, 0.5) is 10.5 Å². The molecular weight excluding hydrogens is 710 g/mol. The number of anilines is 1. The van der Waals surface area contributed by atoms with Gasteiger partial charge in [0.2, 0.25) is 5.91 Å². The number of ether oxygens (including phenoxy) is 1. The summed E-state index contributed by atoms with van der Waals surface area (Å²) in [5.41, 5.74) is 4.41. The second kappa shape index (κ2) is 15.6. The summed E-state index contributed by atoms with van der Waals surface area (Å²) in [5, 5.41) is 21.7. The van der Waals surface area contributed by atoms with Crippen LogP contribution in [-0.4, -0.2) is 51.7 Å². The van der Waals surface area contributed by atoms with Crippen LogP contribution in [0.25, 0.3) is 22.0 Å². The zero-order valence-electron chi connectivity index (χ0n) is 24.9. The molecule has 2 amide bonds. The van der Waals surface area contributed by atoms with E-state index in [0.717, 1.165) is 33.3 Å². The molecule has 230 valence electrons. The predicted octanol–water partition coefficient (Wildman–Crippen LogP) is 7.77. The quantitative estimate of drug-likeness (QED) is 0.0872. The number of halogens is 2. The van der Waals surface area contributed by atoms with E-state index in [9.17, 15) is 14.9 Å². The summed E-state index contributed by atoms with van der Waals surface area (Å²) < 4.78 is 7.50. The molecule has 2 N–H and O–H groups in total. The number of carbonyl (C=O) groups is 2. The molecule has 1 heterocycles. The Balaban J connectivity index is 1.30. The van der Waals surface area contributed by atoms with Gasteiger partial charge < -0.3 is 20.3 Å². The number of nitrogens with one attached hydrogen (secondary N) is 2. The van der Waals surface area contributed by atoms with Crippen molar-refractivity contribution in [2.45, 2.75) is 45.8 Å². The van der Waals surface area contributed by atoms with Gasteiger partial charge in [0.15, 0.2) is 0 Å². The lowest BCUT2D eigenvalue weighted by atomic mass is 10.0. The fraction of sp³-hybridized carbons (Fsp3) is 0.312. The minimum Gasteiger partial charge on any atom is -0.444 e. The lowest BCUT2D eigenvalue weighted by molar-refractivity contribution is -0.121. The fourth-order valence-corrected chi connectivity index (χ4v) is 6.40. The summed E-state index contributed by atoms with van der Waals surface area (Å²) in [6.45, 7) is 6.95. The summed E-state index contributed by atoms with van der Waals surface area (Å²) in [6, 6.07) is 21.5. The second-order valence-corrected chi connectivity index (χ2v) is 13.6. The van der Waals surface area contributed by atoms with Gasteiger partial charge in [-0.3, -0.25) is 4.79 Å². The van der Waals surface area contributed by atoms with Gasteiger partial charge in [0.1, 0.15) is 5.60 Å². The van der Waals surface area contributed by atoms with Gasteiger partial charge in [-0.2, -0.15) is 10.4 Å². The molecule has 0 saturated carbocycles. The first kappa shape index (κ1) is 33.5. The number of rotatable bonds is 12. The SMILES string of the molecule is CC(C)(C)OC(=O)N(CCC(=O)NCCCNc1cc(C#N)cc2c1cnn2PI)Cc1ccc(-c2ccccc2)c(Cl)c1. The van der Waals surface area contributed by atoms with E-state index in [-0.39, 0.29) is 25.4 Å². The van der Waals surface area contributed by atoms with Gasteiger partial charge in [-0.25, -0.2) is 9.25 Å². The van der Waals surface area contributed by atoms with Gasteiger partial charge in [-0.15, -0.1) is 0 Å². The third-order valence-electron chi connectivity index (χ3n) is 6.64. The Morgan fingerprint density at radius 3 is 2.59 bits per heavy atom. The van der Waals surface area contributed by atoms with E-state index in [4.69, 9.17) is 16.3 Å². The Hall–Kier alpha value is -3.39. The number of nitriles is 1. The van der Waals surface area contributed by atoms with Crippen molar-refractivity contribution in [2.75, 3.05) is 25.0 Å². The largest absolute Gasteiger partial charge is 0.444 e. The molecule has 0 fully saturated rings. The maximum Gasteiger partial charge on any atom is 0.410 e. The second-order valence-electron chi connectivity index (χ2n) is 11.2. The number of amides is 2. The van der Waals surface area contributed by atoms with Crippen molar-refractivity contribution < 1.29 is 14.3 Å². The smallest absolute Gasteiger partial charge is 0.410 e. The molecule has 0 aliphatic heterocycles. The van der Waals surface area contributed by atoms with Crippen molar-refractivity contribution >= 4 is 68.6 Å². The van der Waals surface area contributed by atoms with E-state index in [2.05, 4.69) is 43.8 Å². The first-order chi connectivity index (χ1) is 21.1. The molecule has 0 aliphatic carbocycles. The Bertz CT molecular complexity index is 1650. The van der Waals surface area contributed by atoms with Crippen molar-refractivity contribution in [1.82, 2.24) is 19.8 Å². The van der Waals surface area contributed by atoms with Crippen LogP contribution in [0.2, 0.25) is 5.02 Å². The molecule has 0 bridgehead atoms. The van der Waals surface area contributed by atoms with Gasteiger partial charge in [0, 0.05) is 54.3 Å². The topological polar surface area (TPSA) is 112 Å². The number of benzene rings is 3. The molecule has 0 saturated heterocycles. The van der Waals surface area contributed by atoms with Gasteiger partial charge in [0.05, 0.1) is 29.7 Å². The lowest BCUT2D eigenvalue weighted by Gasteiger charge is -2.27. The lowest BCUT2D eigenvalue weighted by Crippen LogP contribution is -2.39. The summed E-state index contributed by atoms with van der Waals surface area (Å²) in [5.74, 6) is -0.158. The van der Waals surface area contributed by atoms with E-state index in [1.165, 1.54) is 4.90 Å². The van der Waals surface area contributed by atoms with Gasteiger partial charge in [-0.05, 0) is 78.6 Å². The van der Waals surface area contributed by atoms with Crippen LogP contribution < -0.4 is 10.6 Å². The zero-order chi connectivity index (χ0) is 31.7. The molecule has 12 heteroatoms. The van der Waals surface area contributed by atoms with Gasteiger partial charge in [0.25, 0.3) is 0 Å². The minimum atomic E-state index is -0.674. The summed E-state index contributed by atoms with van der Waals surface area (Å²) in [6.07, 6.45) is 2.54. The average Bonchev–Trinajstić information content (AvgIpc) is 3.41. The number of hydrogen-bond acceptors (Lipinski definition) is 6. The summed E-state index contributed by atoms with van der Waals surface area (Å²) in [7, 11) is 0. The highest BCUT2D eigenvalue weighted by molar-refractivity contribution is 14.2. The van der Waals surface area contributed by atoms with E-state index >= 15 is 0 Å². The Morgan fingerprint density at radius 1 is 1.14 bits per heavy atom. The molecule has 0 spiro atoms. The fourth-order valence-electron chi connectivity index (χ4n) is 4.56. The van der Waals surface area contributed by atoms with Crippen LogP contribution in [0.5, 0.6) is 0 Å². The molecule has 1 unspecified atom stereocenters. The molecule has 0 radical (unpaired) electrons. The molecule has 44 heavy (non-hydrogen) atoms. The highest BCUT2D eigenvalue weighted by atomic mass is 127. The molecule has 1 atom stereocenters. The highest BCUT2D eigenvalue weighted by Crippen LogP contribution is 2.33. The molecule has 3 aromatic carbocycles. The predicted molar refractivity (Wildman–Crippen MR) is 186 cm³/mol. The Morgan fingerprint density at radius 2 is 1.91 bits per heavy atom. The maximum atomic E-state index is 13.0. The van der Waals surface area contributed by atoms with Crippen molar-refractivity contribution in [2.24, 2.45) is 0 Å². The zero-order valence-corrected chi connectivity index (χ0v) is 28.8.